The van der Waals surface area contributed by atoms with Gasteiger partial charge in [-0.15, -0.1) is 0 Å². The Bertz CT molecular complexity index is 430. The zero-order chi connectivity index (χ0) is 13.9. The van der Waals surface area contributed by atoms with E-state index in [4.69, 9.17) is 15.2 Å². The van der Waals surface area contributed by atoms with E-state index in [1.54, 1.807) is 12.1 Å². The first kappa shape index (κ1) is 14.9. The zero-order valence-electron chi connectivity index (χ0n) is 11.0. The molecular weight excluding hydrogens is 313 g/mol. The van der Waals surface area contributed by atoms with Gasteiger partial charge in [0.25, 0.3) is 0 Å². The van der Waals surface area contributed by atoms with Crippen LogP contribution in [-0.2, 0) is 9.47 Å². The van der Waals surface area contributed by atoms with E-state index in [0.717, 1.165) is 4.47 Å². The third kappa shape index (κ3) is 3.16. The van der Waals surface area contributed by atoms with Crippen LogP contribution in [0.3, 0.4) is 0 Å². The van der Waals surface area contributed by atoms with Crippen LogP contribution in [0.2, 0.25) is 0 Å². The van der Waals surface area contributed by atoms with Gasteiger partial charge in [-0.05, 0) is 25.1 Å². The molecule has 0 saturated carbocycles. The maximum absolute atomic E-state index is 14.0. The topological polar surface area (TPSA) is 44.5 Å². The third-order valence-electron chi connectivity index (χ3n) is 3.63. The molecule has 2 rings (SSSR count). The van der Waals surface area contributed by atoms with Crippen LogP contribution in [-0.4, -0.2) is 25.4 Å². The zero-order valence-corrected chi connectivity index (χ0v) is 12.6. The van der Waals surface area contributed by atoms with Gasteiger partial charge in [0.1, 0.15) is 5.82 Å². The number of hydrogen-bond donors (Lipinski definition) is 1. The lowest BCUT2D eigenvalue weighted by Crippen LogP contribution is -2.48. The predicted molar refractivity (Wildman–Crippen MR) is 75.4 cm³/mol. The highest BCUT2D eigenvalue weighted by atomic mass is 79.9. The number of rotatable bonds is 4. The summed E-state index contributed by atoms with van der Waals surface area (Å²) >= 11 is 3.36. The van der Waals surface area contributed by atoms with Gasteiger partial charge in [-0.25, -0.2) is 4.39 Å². The minimum absolute atomic E-state index is 0.290. The summed E-state index contributed by atoms with van der Waals surface area (Å²) in [4.78, 5) is 0. The highest BCUT2D eigenvalue weighted by Gasteiger charge is 2.41. The number of benzene rings is 1. The Morgan fingerprint density at radius 3 is 2.79 bits per heavy atom. The molecule has 0 aliphatic carbocycles. The lowest BCUT2D eigenvalue weighted by Gasteiger charge is -2.41. The summed E-state index contributed by atoms with van der Waals surface area (Å²) in [6, 6.07) is 4.34. The summed E-state index contributed by atoms with van der Waals surface area (Å²) in [6.07, 6.45) is 1.38. The highest BCUT2D eigenvalue weighted by molar-refractivity contribution is 9.10. The molecule has 1 aliphatic heterocycles. The van der Waals surface area contributed by atoms with Crippen molar-refractivity contribution in [2.24, 2.45) is 5.73 Å². The normalized spacial score (nSPS) is 20.2. The highest BCUT2D eigenvalue weighted by Crippen LogP contribution is 2.37. The Labute approximate surface area is 121 Å². The average molecular weight is 332 g/mol. The van der Waals surface area contributed by atoms with Crippen molar-refractivity contribution in [2.45, 2.75) is 31.4 Å². The third-order valence-corrected chi connectivity index (χ3v) is 4.12. The van der Waals surface area contributed by atoms with Crippen LogP contribution in [0.1, 0.15) is 31.4 Å². The van der Waals surface area contributed by atoms with Gasteiger partial charge in [0.15, 0.2) is 0 Å². The SMILES string of the molecule is CCOC1(C(N)c2cc(Br)ccc2F)CCOCC1. The Kier molecular flexibility index (Phi) is 4.95. The van der Waals surface area contributed by atoms with Crippen LogP contribution in [0.15, 0.2) is 22.7 Å². The monoisotopic (exact) mass is 331 g/mol. The van der Waals surface area contributed by atoms with E-state index in [1.807, 2.05) is 6.92 Å². The fraction of sp³-hybridized carbons (Fsp3) is 0.571. The van der Waals surface area contributed by atoms with Crippen LogP contribution in [0.4, 0.5) is 4.39 Å². The second-order valence-corrected chi connectivity index (χ2v) is 5.67. The molecule has 1 aromatic carbocycles. The average Bonchev–Trinajstić information content (AvgIpc) is 2.42. The molecule has 106 valence electrons. The minimum Gasteiger partial charge on any atom is -0.381 e. The molecule has 3 nitrogen and oxygen atoms in total. The van der Waals surface area contributed by atoms with Crippen LogP contribution in [0, 0.1) is 5.82 Å². The van der Waals surface area contributed by atoms with Crippen LogP contribution >= 0.6 is 15.9 Å². The summed E-state index contributed by atoms with van der Waals surface area (Å²) in [7, 11) is 0. The van der Waals surface area contributed by atoms with E-state index >= 15 is 0 Å². The quantitative estimate of drug-likeness (QED) is 0.921. The van der Waals surface area contributed by atoms with Gasteiger partial charge >= 0.3 is 0 Å². The summed E-state index contributed by atoms with van der Waals surface area (Å²) < 4.78 is 26.1. The summed E-state index contributed by atoms with van der Waals surface area (Å²) in [5, 5.41) is 0. The van der Waals surface area contributed by atoms with Gasteiger partial charge in [0.05, 0.1) is 11.6 Å². The van der Waals surface area contributed by atoms with Crippen molar-refractivity contribution in [3.05, 3.63) is 34.1 Å². The molecular formula is C14H19BrFNO2. The van der Waals surface area contributed by atoms with Gasteiger partial charge in [0.2, 0.25) is 0 Å². The Morgan fingerprint density at radius 1 is 1.47 bits per heavy atom. The van der Waals surface area contributed by atoms with E-state index in [2.05, 4.69) is 15.9 Å². The molecule has 19 heavy (non-hydrogen) atoms. The van der Waals surface area contributed by atoms with E-state index in [9.17, 15) is 4.39 Å². The van der Waals surface area contributed by atoms with E-state index in [-0.39, 0.29) is 5.82 Å². The van der Waals surface area contributed by atoms with Crippen molar-refractivity contribution in [2.75, 3.05) is 19.8 Å². The van der Waals surface area contributed by atoms with E-state index < -0.39 is 11.6 Å². The van der Waals surface area contributed by atoms with E-state index in [1.165, 1.54) is 6.07 Å². The molecule has 0 aromatic heterocycles. The van der Waals surface area contributed by atoms with E-state index in [0.29, 0.717) is 38.2 Å². The molecule has 1 saturated heterocycles. The largest absolute Gasteiger partial charge is 0.381 e. The predicted octanol–water partition coefficient (Wildman–Crippen LogP) is 3.17. The standard InChI is InChI=1S/C14H19BrFNO2/c1-2-19-14(5-7-18-8-6-14)13(17)11-9-10(15)3-4-12(11)16/h3-4,9,13H,2,5-8,17H2,1H3. The molecule has 1 unspecified atom stereocenters. The van der Waals surface area contributed by atoms with Crippen LogP contribution < -0.4 is 5.73 Å². The number of hydrogen-bond acceptors (Lipinski definition) is 3. The summed E-state index contributed by atoms with van der Waals surface area (Å²) in [6.45, 7) is 3.69. The van der Waals surface area contributed by atoms with Crippen LogP contribution in [0.5, 0.6) is 0 Å². The first-order valence-electron chi connectivity index (χ1n) is 6.51. The van der Waals surface area contributed by atoms with Crippen molar-refractivity contribution in [3.63, 3.8) is 0 Å². The molecule has 5 heteroatoms. The Morgan fingerprint density at radius 2 is 2.16 bits per heavy atom. The summed E-state index contributed by atoms with van der Waals surface area (Å²) in [5.41, 5.74) is 6.28. The van der Waals surface area contributed by atoms with Gasteiger partial charge in [-0.2, -0.15) is 0 Å². The first-order chi connectivity index (χ1) is 9.09. The lowest BCUT2D eigenvalue weighted by molar-refractivity contribution is -0.122. The maximum atomic E-state index is 14.0. The maximum Gasteiger partial charge on any atom is 0.128 e. The second-order valence-electron chi connectivity index (χ2n) is 4.75. The molecule has 0 spiro atoms. The van der Waals surface area contributed by atoms with Gasteiger partial charge in [0, 0.05) is 42.7 Å². The molecule has 0 radical (unpaired) electrons. The van der Waals surface area contributed by atoms with Crippen molar-refractivity contribution >= 4 is 15.9 Å². The molecule has 1 atom stereocenters. The summed E-state index contributed by atoms with van der Waals surface area (Å²) in [5.74, 6) is -0.290. The van der Waals surface area contributed by atoms with Crippen molar-refractivity contribution < 1.29 is 13.9 Å². The second kappa shape index (κ2) is 6.31. The molecule has 1 fully saturated rings. The van der Waals surface area contributed by atoms with Gasteiger partial charge in [-0.3, -0.25) is 0 Å². The Hall–Kier alpha value is -0.490. The number of nitrogens with two attached hydrogens (primary N) is 1. The fourth-order valence-electron chi connectivity index (χ4n) is 2.59. The number of halogens is 2. The smallest absolute Gasteiger partial charge is 0.128 e. The van der Waals surface area contributed by atoms with Gasteiger partial charge in [-0.1, -0.05) is 15.9 Å². The van der Waals surface area contributed by atoms with Crippen molar-refractivity contribution in [1.82, 2.24) is 0 Å². The molecule has 0 amide bonds. The lowest BCUT2D eigenvalue weighted by atomic mass is 9.82. The number of ether oxygens (including phenoxy) is 2. The van der Waals surface area contributed by atoms with Crippen molar-refractivity contribution in [3.8, 4) is 0 Å². The molecule has 2 N–H and O–H groups in total. The first-order valence-corrected chi connectivity index (χ1v) is 7.30. The van der Waals surface area contributed by atoms with Gasteiger partial charge < -0.3 is 15.2 Å². The van der Waals surface area contributed by atoms with Crippen molar-refractivity contribution in [1.29, 1.82) is 0 Å². The molecule has 1 aliphatic rings. The Balaban J connectivity index is 2.32. The fourth-order valence-corrected chi connectivity index (χ4v) is 2.96. The minimum atomic E-state index is -0.533. The molecule has 1 heterocycles. The molecule has 0 bridgehead atoms. The van der Waals surface area contributed by atoms with Crippen LogP contribution in [0.25, 0.3) is 0 Å². The molecule has 1 aromatic rings.